The van der Waals surface area contributed by atoms with Crippen molar-refractivity contribution in [2.45, 2.75) is 54.4 Å². The van der Waals surface area contributed by atoms with Crippen LogP contribution in [0.3, 0.4) is 0 Å². The summed E-state index contributed by atoms with van der Waals surface area (Å²) in [5.74, 6) is -0.364. The van der Waals surface area contributed by atoms with Crippen LogP contribution in [-0.2, 0) is 9.59 Å². The molecule has 1 aromatic carbocycles. The first-order valence-corrected chi connectivity index (χ1v) is 8.42. The van der Waals surface area contributed by atoms with E-state index in [0.29, 0.717) is 13.1 Å². The summed E-state index contributed by atoms with van der Waals surface area (Å²) < 4.78 is 0. The lowest BCUT2D eigenvalue weighted by atomic mass is 9.89. The highest BCUT2D eigenvalue weighted by atomic mass is 16.2. The maximum atomic E-state index is 12.8. The van der Waals surface area contributed by atoms with Gasteiger partial charge in [-0.05, 0) is 57.7 Å². The number of hydrogen-bond acceptors (Lipinski definition) is 2. The number of benzene rings is 1. The molecule has 0 bridgehead atoms. The third-order valence-corrected chi connectivity index (χ3v) is 4.02. The first-order chi connectivity index (χ1) is 10.7. The van der Waals surface area contributed by atoms with E-state index >= 15 is 0 Å². The van der Waals surface area contributed by atoms with Gasteiger partial charge in [-0.15, -0.1) is 0 Å². The lowest BCUT2D eigenvalue weighted by molar-refractivity contribution is -0.146. The Labute approximate surface area is 140 Å². The Kier molecular flexibility index (Phi) is 6.79. The highest BCUT2D eigenvalue weighted by Crippen LogP contribution is 2.24. The minimum Gasteiger partial charge on any atom is -0.342 e. The van der Waals surface area contributed by atoms with Crippen LogP contribution >= 0.6 is 0 Å². The molecule has 0 radical (unpaired) electrons. The van der Waals surface area contributed by atoms with Crippen LogP contribution in [-0.4, -0.2) is 29.8 Å². The van der Waals surface area contributed by atoms with Crippen molar-refractivity contribution in [3.63, 3.8) is 0 Å². The van der Waals surface area contributed by atoms with E-state index in [1.54, 1.807) is 18.7 Å². The van der Waals surface area contributed by atoms with Crippen LogP contribution in [0.15, 0.2) is 18.2 Å². The number of carbonyl (C=O) groups is 2. The maximum absolute atomic E-state index is 12.8. The first-order valence-electron chi connectivity index (χ1n) is 8.42. The van der Waals surface area contributed by atoms with E-state index < -0.39 is 5.41 Å². The van der Waals surface area contributed by atoms with E-state index in [2.05, 4.69) is 5.32 Å². The van der Waals surface area contributed by atoms with Crippen molar-refractivity contribution in [1.82, 2.24) is 4.90 Å². The van der Waals surface area contributed by atoms with Crippen LogP contribution in [0.5, 0.6) is 0 Å². The molecule has 0 aromatic heterocycles. The Morgan fingerprint density at radius 2 is 1.65 bits per heavy atom. The Morgan fingerprint density at radius 1 is 1.09 bits per heavy atom. The number of aryl methyl sites for hydroxylation is 2. The molecule has 2 amide bonds. The third-order valence-electron chi connectivity index (χ3n) is 4.02. The molecular formula is C19H30N2O2. The molecule has 0 spiro atoms. The number of anilines is 1. The van der Waals surface area contributed by atoms with Gasteiger partial charge in [0.15, 0.2) is 0 Å². The summed E-state index contributed by atoms with van der Waals surface area (Å²) in [6, 6.07) is 5.91. The van der Waals surface area contributed by atoms with Crippen molar-refractivity contribution in [3.8, 4) is 0 Å². The second kappa shape index (κ2) is 8.14. The number of nitrogens with zero attached hydrogens (tertiary/aromatic N) is 1. The molecule has 1 N–H and O–H groups in total. The average molecular weight is 318 g/mol. The fourth-order valence-corrected chi connectivity index (χ4v) is 2.50. The zero-order valence-corrected chi connectivity index (χ0v) is 15.3. The van der Waals surface area contributed by atoms with Gasteiger partial charge < -0.3 is 10.2 Å². The minimum atomic E-state index is -1.08. The van der Waals surface area contributed by atoms with E-state index in [0.717, 1.165) is 29.7 Å². The minimum absolute atomic E-state index is 0.107. The molecule has 1 rings (SSSR count). The first kappa shape index (κ1) is 19.2. The van der Waals surface area contributed by atoms with Crippen LogP contribution in [0.4, 0.5) is 5.69 Å². The molecule has 4 nitrogen and oxygen atoms in total. The van der Waals surface area contributed by atoms with Gasteiger partial charge in [0.1, 0.15) is 5.41 Å². The number of rotatable bonds is 7. The van der Waals surface area contributed by atoms with Crippen molar-refractivity contribution in [3.05, 3.63) is 29.3 Å². The van der Waals surface area contributed by atoms with Gasteiger partial charge in [-0.3, -0.25) is 9.59 Å². The molecule has 4 heteroatoms. The monoisotopic (exact) mass is 318 g/mol. The van der Waals surface area contributed by atoms with Crippen LogP contribution in [0.2, 0.25) is 0 Å². The van der Waals surface area contributed by atoms with Gasteiger partial charge >= 0.3 is 0 Å². The number of hydrogen-bond donors (Lipinski definition) is 1. The van der Waals surface area contributed by atoms with Crippen molar-refractivity contribution >= 4 is 17.5 Å². The van der Waals surface area contributed by atoms with Gasteiger partial charge in [-0.25, -0.2) is 0 Å². The van der Waals surface area contributed by atoms with Crippen LogP contribution in [0.25, 0.3) is 0 Å². The average Bonchev–Trinajstić information content (AvgIpc) is 2.49. The molecule has 1 aromatic rings. The Balaban J connectivity index is 2.94. The summed E-state index contributed by atoms with van der Waals surface area (Å²) in [5, 5.41) is 2.92. The Hall–Kier alpha value is -1.84. The molecule has 0 fully saturated rings. The molecule has 0 aliphatic heterocycles. The zero-order valence-electron chi connectivity index (χ0n) is 15.3. The molecular weight excluding hydrogens is 288 g/mol. The van der Waals surface area contributed by atoms with Crippen LogP contribution < -0.4 is 5.32 Å². The fraction of sp³-hybridized carbons (Fsp3) is 0.579. The molecule has 0 heterocycles. The van der Waals surface area contributed by atoms with Gasteiger partial charge in [0.25, 0.3) is 0 Å². The van der Waals surface area contributed by atoms with E-state index in [1.165, 1.54) is 0 Å². The molecule has 128 valence electrons. The summed E-state index contributed by atoms with van der Waals surface area (Å²) in [7, 11) is 0. The van der Waals surface area contributed by atoms with E-state index in [-0.39, 0.29) is 11.8 Å². The summed E-state index contributed by atoms with van der Waals surface area (Å²) >= 11 is 0. The van der Waals surface area contributed by atoms with Gasteiger partial charge in [0, 0.05) is 18.8 Å². The molecule has 0 saturated carbocycles. The largest absolute Gasteiger partial charge is 0.342 e. The van der Waals surface area contributed by atoms with E-state index in [9.17, 15) is 9.59 Å². The highest BCUT2D eigenvalue weighted by molar-refractivity contribution is 6.10. The molecule has 0 unspecified atom stereocenters. The second-order valence-corrected chi connectivity index (χ2v) is 6.69. The molecule has 0 atom stereocenters. The number of amides is 2. The normalized spacial score (nSPS) is 11.2. The van der Waals surface area contributed by atoms with Crippen LogP contribution in [0, 0.1) is 19.3 Å². The Morgan fingerprint density at radius 3 is 2.17 bits per heavy atom. The summed E-state index contributed by atoms with van der Waals surface area (Å²) in [6.45, 7) is 12.8. The van der Waals surface area contributed by atoms with Crippen molar-refractivity contribution in [1.29, 1.82) is 0 Å². The van der Waals surface area contributed by atoms with Gasteiger partial charge in [0.2, 0.25) is 11.8 Å². The third kappa shape index (κ3) is 4.81. The molecule has 0 aliphatic rings. The van der Waals surface area contributed by atoms with E-state index in [1.807, 2.05) is 45.9 Å². The lowest BCUT2D eigenvalue weighted by Crippen LogP contribution is -2.48. The zero-order chi connectivity index (χ0) is 17.6. The van der Waals surface area contributed by atoms with Crippen molar-refractivity contribution < 1.29 is 9.59 Å². The Bertz CT molecular complexity index is 558. The lowest BCUT2D eigenvalue weighted by Gasteiger charge is -2.31. The maximum Gasteiger partial charge on any atom is 0.239 e. The summed E-state index contributed by atoms with van der Waals surface area (Å²) in [6.07, 6.45) is 1.78. The molecule has 0 aliphatic carbocycles. The summed E-state index contributed by atoms with van der Waals surface area (Å²) in [4.78, 5) is 27.3. The smallest absolute Gasteiger partial charge is 0.239 e. The van der Waals surface area contributed by atoms with Crippen molar-refractivity contribution in [2.24, 2.45) is 5.41 Å². The summed E-state index contributed by atoms with van der Waals surface area (Å²) in [5.41, 5.74) is 1.76. The number of nitrogens with one attached hydrogen (secondary N) is 1. The highest BCUT2D eigenvalue weighted by Gasteiger charge is 2.38. The van der Waals surface area contributed by atoms with Crippen molar-refractivity contribution in [2.75, 3.05) is 18.4 Å². The van der Waals surface area contributed by atoms with Gasteiger partial charge in [-0.2, -0.15) is 0 Å². The molecule has 0 saturated heterocycles. The topological polar surface area (TPSA) is 49.4 Å². The van der Waals surface area contributed by atoms with E-state index in [4.69, 9.17) is 0 Å². The van der Waals surface area contributed by atoms with Gasteiger partial charge in [-0.1, -0.05) is 26.0 Å². The predicted octanol–water partition coefficient (Wildman–Crippen LogP) is 3.92. The number of carbonyl (C=O) groups excluding carboxylic acids is 2. The SMILES string of the molecule is CCCN(CCC)C(=O)C(C)(C)C(=O)Nc1cc(C)ccc1C. The standard InChI is InChI=1S/C19H30N2O2/c1-7-11-21(12-8-2)18(23)19(5,6)17(22)20-16-13-14(3)9-10-15(16)4/h9-10,13H,7-8,11-12H2,1-6H3,(H,20,22). The predicted molar refractivity (Wildman–Crippen MR) is 95.5 cm³/mol. The quantitative estimate of drug-likeness (QED) is 0.775. The second-order valence-electron chi connectivity index (χ2n) is 6.69. The van der Waals surface area contributed by atoms with Crippen LogP contribution in [0.1, 0.15) is 51.7 Å². The fourth-order valence-electron chi connectivity index (χ4n) is 2.50. The molecule has 23 heavy (non-hydrogen) atoms. The van der Waals surface area contributed by atoms with Gasteiger partial charge in [0.05, 0.1) is 0 Å².